The van der Waals surface area contributed by atoms with Crippen LogP contribution in [0.15, 0.2) is 41.0 Å². The Morgan fingerprint density at radius 1 is 1.43 bits per heavy atom. The van der Waals surface area contributed by atoms with Crippen LogP contribution >= 0.6 is 22.9 Å². The van der Waals surface area contributed by atoms with Crippen LogP contribution in [0.5, 0.6) is 0 Å². The summed E-state index contributed by atoms with van der Waals surface area (Å²) < 4.78 is 19.1. The molecule has 0 aliphatic heterocycles. The number of thiophene rings is 1. The molecule has 1 aromatic carbocycles. The maximum Gasteiger partial charge on any atom is 0.265 e. The minimum atomic E-state index is -0.344. The van der Waals surface area contributed by atoms with Crippen molar-refractivity contribution in [1.82, 2.24) is 4.90 Å². The molecule has 0 bridgehead atoms. The van der Waals surface area contributed by atoms with E-state index in [-0.39, 0.29) is 11.7 Å². The fourth-order valence-electron chi connectivity index (χ4n) is 2.06. The third-order valence-corrected chi connectivity index (χ3v) is 4.75. The number of hydrogen-bond donors (Lipinski definition) is 0. The van der Waals surface area contributed by atoms with E-state index in [9.17, 15) is 9.18 Å². The molecule has 0 radical (unpaired) electrons. The van der Waals surface area contributed by atoms with Crippen LogP contribution in [-0.2, 0) is 6.54 Å². The van der Waals surface area contributed by atoms with E-state index in [0.29, 0.717) is 32.3 Å². The van der Waals surface area contributed by atoms with Gasteiger partial charge in [0, 0.05) is 17.1 Å². The lowest BCUT2D eigenvalue weighted by atomic mass is 10.2. The summed E-state index contributed by atoms with van der Waals surface area (Å²) in [5, 5.41) is 1.06. The van der Waals surface area contributed by atoms with E-state index in [4.69, 9.17) is 16.0 Å². The molecule has 108 valence electrons. The fraction of sp³-hybridized carbons (Fsp3) is 0.133. The van der Waals surface area contributed by atoms with Gasteiger partial charge < -0.3 is 9.32 Å². The van der Waals surface area contributed by atoms with E-state index in [0.717, 1.165) is 0 Å². The first-order valence-corrected chi connectivity index (χ1v) is 7.41. The van der Waals surface area contributed by atoms with Crippen molar-refractivity contribution in [2.24, 2.45) is 0 Å². The second-order valence-electron chi connectivity index (χ2n) is 4.63. The van der Waals surface area contributed by atoms with Crippen molar-refractivity contribution in [3.8, 4) is 0 Å². The normalized spacial score (nSPS) is 11.0. The first-order valence-electron chi connectivity index (χ1n) is 6.21. The number of furan rings is 1. The Hall–Kier alpha value is -1.85. The topological polar surface area (TPSA) is 33.5 Å². The number of amides is 1. The Balaban J connectivity index is 1.92. The molecule has 0 saturated carbocycles. The van der Waals surface area contributed by atoms with E-state index in [1.807, 2.05) is 0 Å². The SMILES string of the molecule is CN(Cc1ccco1)C(=O)c1sc2cc(F)ccc2c1Cl. The van der Waals surface area contributed by atoms with E-state index < -0.39 is 0 Å². The molecule has 21 heavy (non-hydrogen) atoms. The van der Waals surface area contributed by atoms with Crippen molar-refractivity contribution in [2.75, 3.05) is 7.05 Å². The first-order chi connectivity index (χ1) is 10.1. The van der Waals surface area contributed by atoms with Gasteiger partial charge in [-0.05, 0) is 30.3 Å². The van der Waals surface area contributed by atoms with Gasteiger partial charge in [-0.2, -0.15) is 0 Å². The average Bonchev–Trinajstić information content (AvgIpc) is 3.06. The van der Waals surface area contributed by atoms with Crippen molar-refractivity contribution < 1.29 is 13.6 Å². The van der Waals surface area contributed by atoms with Crippen LogP contribution in [0.25, 0.3) is 10.1 Å². The molecule has 3 rings (SSSR count). The largest absolute Gasteiger partial charge is 0.467 e. The standard InChI is InChI=1S/C15H11ClFNO2S/c1-18(8-10-3-2-6-20-10)15(19)14-13(16)11-5-4-9(17)7-12(11)21-14/h2-7H,8H2,1H3. The second-order valence-corrected chi connectivity index (χ2v) is 6.06. The molecule has 6 heteroatoms. The molecule has 0 aliphatic rings. The highest BCUT2D eigenvalue weighted by atomic mass is 35.5. The summed E-state index contributed by atoms with van der Waals surface area (Å²) in [6.07, 6.45) is 1.56. The third-order valence-electron chi connectivity index (χ3n) is 3.11. The lowest BCUT2D eigenvalue weighted by molar-refractivity contribution is 0.0780. The Kier molecular flexibility index (Phi) is 3.69. The minimum absolute atomic E-state index is 0.210. The van der Waals surface area contributed by atoms with Gasteiger partial charge in [0.2, 0.25) is 0 Å². The summed E-state index contributed by atoms with van der Waals surface area (Å²) in [6.45, 7) is 0.352. The van der Waals surface area contributed by atoms with Crippen molar-refractivity contribution in [3.63, 3.8) is 0 Å². The van der Waals surface area contributed by atoms with Crippen molar-refractivity contribution >= 4 is 38.9 Å². The zero-order chi connectivity index (χ0) is 15.0. The van der Waals surface area contributed by atoms with E-state index in [1.165, 1.54) is 28.4 Å². The molecule has 0 N–H and O–H groups in total. The Morgan fingerprint density at radius 3 is 2.95 bits per heavy atom. The zero-order valence-corrected chi connectivity index (χ0v) is 12.7. The summed E-state index contributed by atoms with van der Waals surface area (Å²) in [7, 11) is 1.67. The first kappa shape index (κ1) is 14.1. The van der Waals surface area contributed by atoms with Gasteiger partial charge in [-0.15, -0.1) is 11.3 Å². The molecule has 3 nitrogen and oxygen atoms in total. The number of carbonyl (C=O) groups excluding carboxylic acids is 1. The van der Waals surface area contributed by atoms with Gasteiger partial charge in [-0.3, -0.25) is 4.79 Å². The summed E-state index contributed by atoms with van der Waals surface area (Å²) >= 11 is 7.44. The number of nitrogens with zero attached hydrogens (tertiary/aromatic N) is 1. The summed E-state index contributed by atoms with van der Waals surface area (Å²) in [5.41, 5.74) is 0. The summed E-state index contributed by atoms with van der Waals surface area (Å²) in [6, 6.07) is 7.87. The molecule has 0 atom stereocenters. The molecule has 0 saturated heterocycles. The average molecular weight is 324 g/mol. The lowest BCUT2D eigenvalue weighted by Gasteiger charge is -2.14. The van der Waals surface area contributed by atoms with Crippen LogP contribution in [0.1, 0.15) is 15.4 Å². The molecule has 2 aromatic heterocycles. The minimum Gasteiger partial charge on any atom is -0.467 e. The molecule has 2 heterocycles. The molecule has 0 spiro atoms. The Bertz CT molecular complexity index is 797. The van der Waals surface area contributed by atoms with Crippen LogP contribution in [0.3, 0.4) is 0 Å². The molecule has 0 fully saturated rings. The van der Waals surface area contributed by atoms with Crippen LogP contribution in [0.4, 0.5) is 4.39 Å². The maximum absolute atomic E-state index is 13.2. The van der Waals surface area contributed by atoms with Gasteiger partial charge in [-0.1, -0.05) is 11.6 Å². The number of fused-ring (bicyclic) bond motifs is 1. The molecular weight excluding hydrogens is 313 g/mol. The van der Waals surface area contributed by atoms with Crippen molar-refractivity contribution in [3.05, 3.63) is 58.1 Å². The van der Waals surface area contributed by atoms with Gasteiger partial charge in [0.1, 0.15) is 16.5 Å². The molecule has 0 unspecified atom stereocenters. The van der Waals surface area contributed by atoms with E-state index in [2.05, 4.69) is 0 Å². The van der Waals surface area contributed by atoms with Gasteiger partial charge >= 0.3 is 0 Å². The van der Waals surface area contributed by atoms with Gasteiger partial charge in [-0.25, -0.2) is 4.39 Å². The molecular formula is C15H11ClFNO2S. The van der Waals surface area contributed by atoms with Crippen molar-refractivity contribution in [1.29, 1.82) is 0 Å². The Labute approximate surface area is 129 Å². The predicted octanol–water partition coefficient (Wildman–Crippen LogP) is 4.56. The number of carbonyl (C=O) groups is 1. The summed E-state index contributed by atoms with van der Waals surface area (Å²) in [5.74, 6) is 0.135. The maximum atomic E-state index is 13.2. The summed E-state index contributed by atoms with van der Waals surface area (Å²) in [4.78, 5) is 14.4. The van der Waals surface area contributed by atoms with Gasteiger partial charge in [0.05, 0.1) is 17.8 Å². The molecule has 0 aliphatic carbocycles. The van der Waals surface area contributed by atoms with Gasteiger partial charge in [0.15, 0.2) is 0 Å². The van der Waals surface area contributed by atoms with Crippen LogP contribution in [-0.4, -0.2) is 17.9 Å². The Morgan fingerprint density at radius 2 is 2.24 bits per heavy atom. The van der Waals surface area contributed by atoms with Crippen LogP contribution in [0, 0.1) is 5.82 Å². The lowest BCUT2D eigenvalue weighted by Crippen LogP contribution is -2.25. The number of halogens is 2. The van der Waals surface area contributed by atoms with E-state index >= 15 is 0 Å². The second kappa shape index (κ2) is 5.50. The molecule has 3 aromatic rings. The highest BCUT2D eigenvalue weighted by molar-refractivity contribution is 7.21. The number of rotatable bonds is 3. The van der Waals surface area contributed by atoms with Gasteiger partial charge in [0.25, 0.3) is 5.91 Å². The quantitative estimate of drug-likeness (QED) is 0.708. The van der Waals surface area contributed by atoms with Crippen LogP contribution in [0.2, 0.25) is 5.02 Å². The van der Waals surface area contributed by atoms with Crippen LogP contribution < -0.4 is 0 Å². The number of benzene rings is 1. The number of hydrogen-bond acceptors (Lipinski definition) is 3. The smallest absolute Gasteiger partial charge is 0.265 e. The fourth-order valence-corrected chi connectivity index (χ4v) is 3.59. The highest BCUT2D eigenvalue weighted by Crippen LogP contribution is 2.36. The predicted molar refractivity (Wildman–Crippen MR) is 81.3 cm³/mol. The highest BCUT2D eigenvalue weighted by Gasteiger charge is 2.21. The monoisotopic (exact) mass is 323 g/mol. The van der Waals surface area contributed by atoms with E-state index in [1.54, 1.807) is 31.5 Å². The van der Waals surface area contributed by atoms with Crippen molar-refractivity contribution in [2.45, 2.75) is 6.54 Å². The third kappa shape index (κ3) is 2.66. The zero-order valence-electron chi connectivity index (χ0n) is 11.1. The molecule has 1 amide bonds.